The number of nitrogens with one attached hydrogen (secondary N) is 3. The van der Waals surface area contributed by atoms with Crippen molar-refractivity contribution in [1.82, 2.24) is 20.2 Å². The average Bonchev–Trinajstić information content (AvgIpc) is 3.22. The summed E-state index contributed by atoms with van der Waals surface area (Å²) < 4.78 is 14.3. The number of carbonyl (C=O) groups excluding carboxylic acids is 1. The molecule has 1 saturated carbocycles. The number of imidazole rings is 1. The summed E-state index contributed by atoms with van der Waals surface area (Å²) >= 11 is 1.84. The van der Waals surface area contributed by atoms with Crippen molar-refractivity contribution in [1.29, 1.82) is 0 Å². The van der Waals surface area contributed by atoms with Gasteiger partial charge in [-0.25, -0.2) is 14.2 Å². The number of aromatic nitrogens is 2. The molecule has 1 aromatic heterocycles. The number of hydrazine groups is 1. The molecule has 0 aliphatic heterocycles. The molecular formula is C21H25FN4OS. The van der Waals surface area contributed by atoms with E-state index < -0.39 is 5.82 Å². The first kappa shape index (κ1) is 20.5. The Bertz CT molecular complexity index is 894. The highest BCUT2D eigenvalue weighted by molar-refractivity contribution is 7.97. The highest BCUT2D eigenvalue weighted by atomic mass is 32.2. The number of hydrogen-bond acceptors (Lipinski definition) is 5. The monoisotopic (exact) mass is 400 g/mol. The van der Waals surface area contributed by atoms with Gasteiger partial charge in [0, 0.05) is 10.8 Å². The van der Waals surface area contributed by atoms with Gasteiger partial charge in [0.1, 0.15) is 11.3 Å². The summed E-state index contributed by atoms with van der Waals surface area (Å²) in [6, 6.07) is 10.8. The van der Waals surface area contributed by atoms with E-state index >= 15 is 0 Å². The van der Waals surface area contributed by atoms with Crippen molar-refractivity contribution >= 4 is 29.3 Å². The lowest BCUT2D eigenvalue weighted by atomic mass is 10.0. The fourth-order valence-electron chi connectivity index (χ4n) is 3.35. The van der Waals surface area contributed by atoms with Crippen LogP contribution in [-0.4, -0.2) is 28.6 Å². The van der Waals surface area contributed by atoms with E-state index in [0.29, 0.717) is 22.9 Å². The van der Waals surface area contributed by atoms with Crippen molar-refractivity contribution in [2.45, 2.75) is 37.4 Å². The zero-order valence-electron chi connectivity index (χ0n) is 15.9. The SMILES string of the molecule is CNNSC1CCCCC1.O=Cc1c(F)c(-c2ccccc2)cc2[nH]cnc12. The maximum absolute atomic E-state index is 14.3. The number of aldehydes is 1. The number of nitrogens with zero attached hydrogens (tertiary/aromatic N) is 1. The van der Waals surface area contributed by atoms with E-state index in [2.05, 4.69) is 20.2 Å². The number of H-pyrrole nitrogens is 1. The predicted octanol–water partition coefficient (Wildman–Crippen LogP) is 4.87. The first-order valence-corrected chi connectivity index (χ1v) is 10.4. The second-order valence-corrected chi connectivity index (χ2v) is 7.77. The maximum Gasteiger partial charge on any atom is 0.155 e. The third kappa shape index (κ3) is 4.98. The van der Waals surface area contributed by atoms with Gasteiger partial charge in [-0.15, -0.1) is 0 Å². The standard InChI is InChI=1S/C14H9FN2O.C7H16N2S/c15-13-10(9-4-2-1-3-5-9)6-12-14(11(13)7-18)17-8-16-12;1-8-9-10-7-5-3-2-4-6-7/h1-8H,(H,16,17);7-9H,2-6H2,1H3. The number of carbonyl (C=O) groups is 1. The van der Waals surface area contributed by atoms with E-state index in [-0.39, 0.29) is 5.56 Å². The molecule has 4 rings (SSSR count). The topological polar surface area (TPSA) is 69.8 Å². The molecule has 0 spiro atoms. The summed E-state index contributed by atoms with van der Waals surface area (Å²) in [4.78, 5) is 21.0. The van der Waals surface area contributed by atoms with E-state index in [9.17, 15) is 9.18 Å². The molecule has 5 nitrogen and oxygen atoms in total. The van der Waals surface area contributed by atoms with Crippen LogP contribution in [0, 0.1) is 5.82 Å². The first-order chi connectivity index (χ1) is 13.7. The van der Waals surface area contributed by atoms with Crippen LogP contribution in [0.1, 0.15) is 42.5 Å². The van der Waals surface area contributed by atoms with E-state index in [1.807, 2.05) is 37.2 Å². The molecule has 0 unspecified atom stereocenters. The average molecular weight is 401 g/mol. The van der Waals surface area contributed by atoms with Gasteiger partial charge in [-0.1, -0.05) is 61.5 Å². The maximum atomic E-state index is 14.3. The van der Waals surface area contributed by atoms with Crippen molar-refractivity contribution in [2.24, 2.45) is 0 Å². The molecular weight excluding hydrogens is 375 g/mol. The third-order valence-electron chi connectivity index (χ3n) is 4.77. The zero-order chi connectivity index (χ0) is 19.8. The molecule has 1 aliphatic carbocycles. The highest BCUT2D eigenvalue weighted by Crippen LogP contribution is 2.29. The Labute approximate surface area is 168 Å². The van der Waals surface area contributed by atoms with Crippen molar-refractivity contribution in [3.05, 3.63) is 54.1 Å². The van der Waals surface area contributed by atoms with Gasteiger partial charge in [0.15, 0.2) is 6.29 Å². The summed E-state index contributed by atoms with van der Waals surface area (Å²) in [5.74, 6) is -0.532. The molecule has 28 heavy (non-hydrogen) atoms. The Morgan fingerprint density at radius 3 is 2.64 bits per heavy atom. The molecule has 0 saturated heterocycles. The van der Waals surface area contributed by atoms with Crippen LogP contribution in [0.2, 0.25) is 0 Å². The van der Waals surface area contributed by atoms with E-state index in [4.69, 9.17) is 0 Å². The molecule has 0 radical (unpaired) electrons. The molecule has 0 amide bonds. The Kier molecular flexibility index (Phi) is 7.59. The molecule has 0 atom stereocenters. The first-order valence-electron chi connectivity index (χ1n) is 9.48. The van der Waals surface area contributed by atoms with Gasteiger partial charge in [-0.05, 0) is 31.5 Å². The van der Waals surface area contributed by atoms with Crippen LogP contribution in [0.5, 0.6) is 0 Å². The smallest absolute Gasteiger partial charge is 0.155 e. The summed E-state index contributed by atoms with van der Waals surface area (Å²) in [6.07, 6.45) is 9.01. The summed E-state index contributed by atoms with van der Waals surface area (Å²) in [5, 5.41) is 0.848. The van der Waals surface area contributed by atoms with Crippen molar-refractivity contribution < 1.29 is 9.18 Å². The van der Waals surface area contributed by atoms with Crippen molar-refractivity contribution in [3.63, 3.8) is 0 Å². The minimum atomic E-state index is -0.532. The number of fused-ring (bicyclic) bond motifs is 1. The van der Waals surface area contributed by atoms with Gasteiger partial charge in [-0.2, -0.15) is 0 Å². The van der Waals surface area contributed by atoms with E-state index in [0.717, 1.165) is 10.8 Å². The lowest BCUT2D eigenvalue weighted by molar-refractivity contribution is 0.112. The largest absolute Gasteiger partial charge is 0.345 e. The third-order valence-corrected chi connectivity index (χ3v) is 5.89. The van der Waals surface area contributed by atoms with Crippen LogP contribution >= 0.6 is 11.9 Å². The molecule has 1 aliphatic rings. The Balaban J connectivity index is 0.000000192. The molecule has 2 aromatic carbocycles. The lowest BCUT2D eigenvalue weighted by Gasteiger charge is -2.20. The van der Waals surface area contributed by atoms with Crippen LogP contribution in [0.25, 0.3) is 22.2 Å². The molecule has 148 valence electrons. The number of rotatable bonds is 5. The van der Waals surface area contributed by atoms with Gasteiger partial charge < -0.3 is 4.98 Å². The lowest BCUT2D eigenvalue weighted by Crippen LogP contribution is -2.24. The minimum Gasteiger partial charge on any atom is -0.345 e. The molecule has 7 heteroatoms. The molecule has 3 N–H and O–H groups in total. The summed E-state index contributed by atoms with van der Waals surface area (Å²) in [6.45, 7) is 0. The number of hydrogen-bond donors (Lipinski definition) is 3. The van der Waals surface area contributed by atoms with Gasteiger partial charge in [0.25, 0.3) is 0 Å². The summed E-state index contributed by atoms with van der Waals surface area (Å²) in [5.41, 5.74) is 5.06. The quantitative estimate of drug-likeness (QED) is 0.324. The second kappa shape index (κ2) is 10.4. The van der Waals surface area contributed by atoms with E-state index in [1.54, 1.807) is 18.2 Å². The Morgan fingerprint density at radius 1 is 1.21 bits per heavy atom. The molecule has 3 aromatic rings. The van der Waals surface area contributed by atoms with Crippen molar-refractivity contribution in [3.8, 4) is 11.1 Å². The second-order valence-electron chi connectivity index (χ2n) is 6.66. The van der Waals surface area contributed by atoms with Gasteiger partial charge in [-0.3, -0.25) is 10.2 Å². The predicted molar refractivity (Wildman–Crippen MR) is 114 cm³/mol. The fourth-order valence-corrected chi connectivity index (χ4v) is 4.20. The highest BCUT2D eigenvalue weighted by Gasteiger charge is 2.15. The zero-order valence-corrected chi connectivity index (χ0v) is 16.7. The van der Waals surface area contributed by atoms with Crippen LogP contribution in [0.3, 0.4) is 0 Å². The summed E-state index contributed by atoms with van der Waals surface area (Å²) in [7, 11) is 1.91. The number of benzene rings is 2. The van der Waals surface area contributed by atoms with Crippen LogP contribution in [-0.2, 0) is 0 Å². The van der Waals surface area contributed by atoms with Crippen LogP contribution in [0.4, 0.5) is 4.39 Å². The minimum absolute atomic E-state index is 0.00685. The van der Waals surface area contributed by atoms with Crippen LogP contribution < -0.4 is 10.3 Å². The number of halogens is 1. The Hall–Kier alpha value is -2.22. The fraction of sp³-hybridized carbons (Fsp3) is 0.333. The van der Waals surface area contributed by atoms with Crippen LogP contribution in [0.15, 0.2) is 42.7 Å². The number of aromatic amines is 1. The van der Waals surface area contributed by atoms with Gasteiger partial charge in [0.05, 0.1) is 17.4 Å². The van der Waals surface area contributed by atoms with Crippen molar-refractivity contribution in [2.75, 3.05) is 7.05 Å². The van der Waals surface area contributed by atoms with E-state index in [1.165, 1.54) is 38.4 Å². The Morgan fingerprint density at radius 2 is 1.96 bits per heavy atom. The molecule has 1 fully saturated rings. The van der Waals surface area contributed by atoms with Gasteiger partial charge in [0.2, 0.25) is 0 Å². The molecule has 1 heterocycles. The van der Waals surface area contributed by atoms with Gasteiger partial charge >= 0.3 is 0 Å². The molecule has 0 bridgehead atoms. The normalized spacial score (nSPS) is 14.5.